The summed E-state index contributed by atoms with van der Waals surface area (Å²) >= 11 is 3.46. The van der Waals surface area contributed by atoms with Crippen molar-refractivity contribution in [3.63, 3.8) is 0 Å². The van der Waals surface area contributed by atoms with E-state index in [-0.39, 0.29) is 0 Å². The van der Waals surface area contributed by atoms with Gasteiger partial charge >= 0.3 is 6.01 Å². The third-order valence-corrected chi connectivity index (χ3v) is 4.51. The molecule has 4 nitrogen and oxygen atoms in total. The predicted molar refractivity (Wildman–Crippen MR) is 90.5 cm³/mol. The lowest BCUT2D eigenvalue weighted by Gasteiger charge is -2.31. The first-order chi connectivity index (χ1) is 10.8. The Labute approximate surface area is 139 Å². The predicted octanol–water partition coefficient (Wildman–Crippen LogP) is 4.27. The van der Waals surface area contributed by atoms with Crippen molar-refractivity contribution < 1.29 is 4.52 Å². The lowest BCUT2D eigenvalue weighted by Crippen LogP contribution is -2.37. The molecule has 1 heterocycles. The molecule has 5 heteroatoms. The van der Waals surface area contributed by atoms with Crippen molar-refractivity contribution >= 4 is 21.9 Å². The number of halogens is 1. The van der Waals surface area contributed by atoms with Gasteiger partial charge < -0.3 is 9.42 Å². The number of aromatic nitrogens is 2. The van der Waals surface area contributed by atoms with Crippen LogP contribution in [0, 0.1) is 12.3 Å². The lowest BCUT2D eigenvalue weighted by molar-refractivity contribution is 0.369. The van der Waals surface area contributed by atoms with Crippen LogP contribution in [0.15, 0.2) is 33.3 Å². The highest BCUT2D eigenvalue weighted by Crippen LogP contribution is 2.28. The van der Waals surface area contributed by atoms with E-state index in [1.54, 1.807) is 0 Å². The van der Waals surface area contributed by atoms with Crippen molar-refractivity contribution in [2.45, 2.75) is 38.1 Å². The quantitative estimate of drug-likeness (QED) is 0.764. The van der Waals surface area contributed by atoms with Crippen molar-refractivity contribution in [1.29, 1.82) is 0 Å². The van der Waals surface area contributed by atoms with E-state index in [1.165, 1.54) is 19.3 Å². The molecule has 0 atom stereocenters. The van der Waals surface area contributed by atoms with Crippen LogP contribution < -0.4 is 4.90 Å². The fourth-order valence-corrected chi connectivity index (χ4v) is 3.32. The fraction of sp³-hybridized carbons (Fsp3) is 0.412. The summed E-state index contributed by atoms with van der Waals surface area (Å²) in [5, 5.41) is 4.11. The zero-order valence-electron chi connectivity index (χ0n) is 12.3. The first-order valence-electron chi connectivity index (χ1n) is 7.57. The molecule has 0 aliphatic heterocycles. The van der Waals surface area contributed by atoms with E-state index in [0.717, 1.165) is 22.9 Å². The van der Waals surface area contributed by atoms with Crippen LogP contribution in [0.3, 0.4) is 0 Å². The van der Waals surface area contributed by atoms with Crippen LogP contribution in [0.25, 0.3) is 11.4 Å². The molecule has 0 saturated heterocycles. The first-order valence-corrected chi connectivity index (χ1v) is 8.37. The standard InChI is InChI=1S/C17H18BrN3O/c1-2-11-21(15-9-4-3-5-10-15)17-19-16(20-22-17)13-7-6-8-14(18)12-13/h1,6-8,12,15H,3-5,9-11H2. The Morgan fingerprint density at radius 1 is 1.32 bits per heavy atom. The minimum absolute atomic E-state index is 0.403. The molecule has 0 amide bonds. The minimum Gasteiger partial charge on any atom is -0.315 e. The summed E-state index contributed by atoms with van der Waals surface area (Å²) in [6.07, 6.45) is 11.6. The molecule has 1 aliphatic carbocycles. The smallest absolute Gasteiger partial charge is 0.315 e. The molecular weight excluding hydrogens is 342 g/mol. The van der Waals surface area contributed by atoms with Crippen molar-refractivity contribution in [2.75, 3.05) is 11.4 Å². The fourth-order valence-electron chi connectivity index (χ4n) is 2.92. The van der Waals surface area contributed by atoms with Crippen LogP contribution in [-0.4, -0.2) is 22.7 Å². The minimum atomic E-state index is 0.403. The largest absolute Gasteiger partial charge is 0.325 e. The number of terminal acetylenes is 1. The average molecular weight is 360 g/mol. The monoisotopic (exact) mass is 359 g/mol. The summed E-state index contributed by atoms with van der Waals surface area (Å²) in [4.78, 5) is 6.62. The molecule has 0 radical (unpaired) electrons. The number of benzene rings is 1. The second-order valence-corrected chi connectivity index (χ2v) is 6.45. The van der Waals surface area contributed by atoms with Gasteiger partial charge in [0.1, 0.15) is 0 Å². The molecule has 114 valence electrons. The van der Waals surface area contributed by atoms with Gasteiger partial charge in [0, 0.05) is 16.1 Å². The SMILES string of the molecule is C#CCN(c1nc(-c2cccc(Br)c2)no1)C1CCCCC1. The second kappa shape index (κ2) is 6.97. The highest BCUT2D eigenvalue weighted by Gasteiger charge is 2.25. The van der Waals surface area contributed by atoms with Gasteiger partial charge in [-0.05, 0) is 25.0 Å². The highest BCUT2D eigenvalue weighted by atomic mass is 79.9. The van der Waals surface area contributed by atoms with E-state index in [9.17, 15) is 0 Å². The third kappa shape index (κ3) is 3.33. The average Bonchev–Trinajstić information content (AvgIpc) is 3.03. The Morgan fingerprint density at radius 2 is 2.14 bits per heavy atom. The summed E-state index contributed by atoms with van der Waals surface area (Å²) in [5.41, 5.74) is 0.925. The van der Waals surface area contributed by atoms with Crippen LogP contribution in [-0.2, 0) is 0 Å². The Bertz CT molecular complexity index is 671. The van der Waals surface area contributed by atoms with Crippen molar-refractivity contribution in [1.82, 2.24) is 10.1 Å². The molecule has 1 aromatic heterocycles. The van der Waals surface area contributed by atoms with Crippen LogP contribution >= 0.6 is 15.9 Å². The van der Waals surface area contributed by atoms with Crippen molar-refractivity contribution in [2.24, 2.45) is 0 Å². The Kier molecular flexibility index (Phi) is 4.79. The van der Waals surface area contributed by atoms with Crippen molar-refractivity contribution in [3.8, 4) is 23.7 Å². The zero-order chi connectivity index (χ0) is 15.4. The van der Waals surface area contributed by atoms with Crippen molar-refractivity contribution in [3.05, 3.63) is 28.7 Å². The molecule has 1 aromatic carbocycles. The maximum Gasteiger partial charge on any atom is 0.325 e. The van der Waals surface area contributed by atoms with E-state index < -0.39 is 0 Å². The Hall–Kier alpha value is -1.80. The van der Waals surface area contributed by atoms with Gasteiger partial charge in [0.2, 0.25) is 5.82 Å². The van der Waals surface area contributed by atoms with Crippen LogP contribution in [0.2, 0.25) is 0 Å². The first kappa shape index (κ1) is 15.1. The van der Waals surface area contributed by atoms with E-state index in [2.05, 4.69) is 36.9 Å². The van der Waals surface area contributed by atoms with Crippen LogP contribution in [0.1, 0.15) is 32.1 Å². The summed E-state index contributed by atoms with van der Waals surface area (Å²) in [7, 11) is 0. The number of hydrogen-bond acceptors (Lipinski definition) is 4. The maximum atomic E-state index is 5.52. The van der Waals surface area contributed by atoms with Gasteiger partial charge in [0.15, 0.2) is 0 Å². The van der Waals surface area contributed by atoms with Gasteiger partial charge in [0.05, 0.1) is 6.54 Å². The molecule has 1 fully saturated rings. The van der Waals surface area contributed by atoms with Gasteiger partial charge in [0.25, 0.3) is 0 Å². The molecule has 1 aliphatic rings. The summed E-state index contributed by atoms with van der Waals surface area (Å²) < 4.78 is 6.47. The molecule has 3 rings (SSSR count). The van der Waals surface area contributed by atoms with Gasteiger partial charge in [-0.3, -0.25) is 0 Å². The number of hydrogen-bond donors (Lipinski definition) is 0. The van der Waals surface area contributed by atoms with Gasteiger partial charge in [-0.25, -0.2) is 0 Å². The van der Waals surface area contributed by atoms with Gasteiger partial charge in [-0.2, -0.15) is 4.98 Å². The molecule has 0 N–H and O–H groups in total. The lowest BCUT2D eigenvalue weighted by atomic mass is 9.94. The summed E-state index contributed by atoms with van der Waals surface area (Å²) in [6.45, 7) is 0.505. The van der Waals surface area contributed by atoms with Gasteiger partial charge in [-0.15, -0.1) is 6.42 Å². The van der Waals surface area contributed by atoms with Gasteiger partial charge in [-0.1, -0.05) is 58.4 Å². The molecule has 0 bridgehead atoms. The van der Waals surface area contributed by atoms with E-state index in [1.807, 2.05) is 24.3 Å². The van der Waals surface area contributed by atoms with E-state index in [0.29, 0.717) is 24.4 Å². The number of rotatable bonds is 4. The normalized spacial score (nSPS) is 15.5. The van der Waals surface area contributed by atoms with E-state index >= 15 is 0 Å². The Morgan fingerprint density at radius 3 is 2.86 bits per heavy atom. The second-order valence-electron chi connectivity index (χ2n) is 5.53. The number of anilines is 1. The molecule has 1 saturated carbocycles. The number of nitrogens with zero attached hydrogens (tertiary/aromatic N) is 3. The van der Waals surface area contributed by atoms with E-state index in [4.69, 9.17) is 10.9 Å². The maximum absolute atomic E-state index is 5.52. The van der Waals surface area contributed by atoms with Crippen LogP contribution in [0.4, 0.5) is 6.01 Å². The topological polar surface area (TPSA) is 42.2 Å². The molecule has 0 unspecified atom stereocenters. The summed E-state index contributed by atoms with van der Waals surface area (Å²) in [5.74, 6) is 3.30. The zero-order valence-corrected chi connectivity index (χ0v) is 13.9. The molecular formula is C17H18BrN3O. The molecule has 0 spiro atoms. The Balaban J connectivity index is 1.85. The summed E-state index contributed by atoms with van der Waals surface area (Å²) in [6, 6.07) is 8.79. The molecule has 22 heavy (non-hydrogen) atoms. The third-order valence-electron chi connectivity index (χ3n) is 4.02. The van der Waals surface area contributed by atoms with Crippen LogP contribution in [0.5, 0.6) is 0 Å². The highest BCUT2D eigenvalue weighted by molar-refractivity contribution is 9.10. The molecule has 2 aromatic rings.